The van der Waals surface area contributed by atoms with Gasteiger partial charge in [0, 0.05) is 30.0 Å². The molecule has 0 aromatic heterocycles. The first-order valence-corrected chi connectivity index (χ1v) is 8.65. The minimum absolute atomic E-state index is 0.420. The van der Waals surface area contributed by atoms with Crippen LogP contribution >= 0.6 is 0 Å². The second kappa shape index (κ2) is 8.89. The summed E-state index contributed by atoms with van der Waals surface area (Å²) < 4.78 is 0. The van der Waals surface area contributed by atoms with Crippen LogP contribution in [0.25, 0.3) is 0 Å². The topological polar surface area (TPSA) is 70.7 Å². The first-order valence-electron chi connectivity index (χ1n) is 8.65. The zero-order valence-corrected chi connectivity index (χ0v) is 15.6. The smallest absolute Gasteiger partial charge is 0.372 e. The summed E-state index contributed by atoms with van der Waals surface area (Å²) in [5, 5.41) is 2.63. The number of hydroxylamine groups is 1. The van der Waals surface area contributed by atoms with Gasteiger partial charge in [0.25, 0.3) is 5.91 Å². The summed E-state index contributed by atoms with van der Waals surface area (Å²) in [7, 11) is 0. The molecule has 0 aliphatic rings. The first kappa shape index (κ1) is 19.3. The third-order valence-electron chi connectivity index (χ3n) is 4.13. The number of benzene rings is 2. The molecular formula is C20H25N3O3. The van der Waals surface area contributed by atoms with Crippen LogP contribution in [0, 0.1) is 13.8 Å². The van der Waals surface area contributed by atoms with Crippen molar-refractivity contribution in [2.24, 2.45) is 0 Å². The van der Waals surface area contributed by atoms with Gasteiger partial charge in [-0.05, 0) is 63.6 Å². The predicted molar refractivity (Wildman–Crippen MR) is 103 cm³/mol. The minimum Gasteiger partial charge on any atom is -0.372 e. The zero-order valence-electron chi connectivity index (χ0n) is 15.6. The molecule has 0 spiro atoms. The third-order valence-corrected chi connectivity index (χ3v) is 4.13. The van der Waals surface area contributed by atoms with Gasteiger partial charge in [-0.2, -0.15) is 5.48 Å². The van der Waals surface area contributed by atoms with Crippen LogP contribution in [0.1, 0.15) is 35.3 Å². The highest BCUT2D eigenvalue weighted by Gasteiger charge is 2.11. The molecule has 2 rings (SSSR count). The van der Waals surface area contributed by atoms with Gasteiger partial charge in [-0.25, -0.2) is 4.79 Å². The van der Waals surface area contributed by atoms with Crippen molar-refractivity contribution < 1.29 is 14.4 Å². The molecule has 2 aromatic rings. The van der Waals surface area contributed by atoms with Crippen LogP contribution in [0.4, 0.5) is 16.2 Å². The number of nitrogens with one attached hydrogen (secondary N) is 2. The number of carbonyl (C=O) groups excluding carboxylic acids is 2. The maximum Gasteiger partial charge on any atom is 0.436 e. The zero-order chi connectivity index (χ0) is 19.1. The molecule has 6 nitrogen and oxygen atoms in total. The van der Waals surface area contributed by atoms with Gasteiger partial charge in [0.2, 0.25) is 0 Å². The van der Waals surface area contributed by atoms with Crippen molar-refractivity contribution in [1.82, 2.24) is 5.48 Å². The Labute approximate surface area is 154 Å². The van der Waals surface area contributed by atoms with Gasteiger partial charge in [0.15, 0.2) is 0 Å². The van der Waals surface area contributed by atoms with E-state index >= 15 is 0 Å². The highest BCUT2D eigenvalue weighted by atomic mass is 16.7. The molecule has 0 saturated carbocycles. The van der Waals surface area contributed by atoms with Gasteiger partial charge < -0.3 is 9.74 Å². The molecule has 0 saturated heterocycles. The third kappa shape index (κ3) is 4.99. The van der Waals surface area contributed by atoms with Crippen LogP contribution in [0.5, 0.6) is 0 Å². The number of carbonyl (C=O) groups is 2. The lowest BCUT2D eigenvalue weighted by molar-refractivity contribution is 0.0615. The molecular weight excluding hydrogens is 330 g/mol. The quantitative estimate of drug-likeness (QED) is 0.794. The predicted octanol–water partition coefficient (Wildman–Crippen LogP) is 4.04. The Hall–Kier alpha value is -3.02. The summed E-state index contributed by atoms with van der Waals surface area (Å²) >= 11 is 0. The molecule has 2 amide bonds. The van der Waals surface area contributed by atoms with Crippen LogP contribution in [0.15, 0.2) is 42.5 Å². The van der Waals surface area contributed by atoms with E-state index in [1.807, 2.05) is 44.2 Å². The normalized spacial score (nSPS) is 10.2. The van der Waals surface area contributed by atoms with Crippen LogP contribution in [0.2, 0.25) is 0 Å². The van der Waals surface area contributed by atoms with Gasteiger partial charge in [0.05, 0.1) is 0 Å². The van der Waals surface area contributed by atoms with Gasteiger partial charge in [-0.15, -0.1) is 0 Å². The number of aryl methyl sites for hydroxylation is 2. The number of hydrogen-bond acceptors (Lipinski definition) is 4. The van der Waals surface area contributed by atoms with Crippen LogP contribution in [-0.4, -0.2) is 25.1 Å². The van der Waals surface area contributed by atoms with Crippen LogP contribution < -0.4 is 15.7 Å². The van der Waals surface area contributed by atoms with E-state index in [0.717, 1.165) is 29.9 Å². The summed E-state index contributed by atoms with van der Waals surface area (Å²) in [4.78, 5) is 30.9. The summed E-state index contributed by atoms with van der Waals surface area (Å²) in [5.74, 6) is -0.478. The van der Waals surface area contributed by atoms with Gasteiger partial charge in [-0.1, -0.05) is 17.7 Å². The molecule has 0 heterocycles. The SMILES string of the molecule is CCN(CC)c1ccc(NC(=O)ONC(=O)c2ccc(C)cc2)c(C)c1. The Bertz CT molecular complexity index is 768. The van der Waals surface area contributed by atoms with E-state index in [-0.39, 0.29) is 0 Å². The van der Waals surface area contributed by atoms with Crippen molar-refractivity contribution in [2.45, 2.75) is 27.7 Å². The summed E-state index contributed by atoms with van der Waals surface area (Å²) in [6, 6.07) is 12.7. The lowest BCUT2D eigenvalue weighted by Gasteiger charge is -2.22. The van der Waals surface area contributed by atoms with Gasteiger partial charge >= 0.3 is 6.09 Å². The lowest BCUT2D eigenvalue weighted by atomic mass is 10.1. The van der Waals surface area contributed by atoms with Crippen molar-refractivity contribution in [2.75, 3.05) is 23.3 Å². The number of anilines is 2. The standard InChI is InChI=1S/C20H25N3O3/c1-5-23(6-2)17-11-12-18(15(4)13-17)21-20(25)26-22-19(24)16-9-7-14(3)8-10-16/h7-13H,5-6H2,1-4H3,(H,21,25)(H,22,24). The summed E-state index contributed by atoms with van der Waals surface area (Å²) in [6.07, 6.45) is -0.746. The molecule has 0 bridgehead atoms. The second-order valence-corrected chi connectivity index (χ2v) is 5.98. The lowest BCUT2D eigenvalue weighted by Crippen LogP contribution is -2.29. The summed E-state index contributed by atoms with van der Waals surface area (Å²) in [6.45, 7) is 9.86. The molecule has 0 radical (unpaired) electrons. The number of nitrogens with zero attached hydrogens (tertiary/aromatic N) is 1. The Morgan fingerprint density at radius 1 is 1.00 bits per heavy atom. The second-order valence-electron chi connectivity index (χ2n) is 5.98. The van der Waals surface area contributed by atoms with Crippen LogP contribution in [0.3, 0.4) is 0 Å². The molecule has 138 valence electrons. The average Bonchev–Trinajstić information content (AvgIpc) is 2.63. The van der Waals surface area contributed by atoms with Crippen molar-refractivity contribution >= 4 is 23.4 Å². The molecule has 0 unspecified atom stereocenters. The Morgan fingerprint density at radius 3 is 2.23 bits per heavy atom. The maximum atomic E-state index is 11.9. The van der Waals surface area contributed by atoms with E-state index in [4.69, 9.17) is 4.84 Å². The summed E-state index contributed by atoms with van der Waals surface area (Å²) in [5.41, 5.74) is 6.26. The van der Waals surface area contributed by atoms with Gasteiger partial charge in [-0.3, -0.25) is 10.1 Å². The molecule has 6 heteroatoms. The number of rotatable bonds is 5. The van der Waals surface area contributed by atoms with Crippen molar-refractivity contribution in [3.05, 3.63) is 59.2 Å². The van der Waals surface area contributed by atoms with E-state index in [1.54, 1.807) is 12.1 Å². The molecule has 0 aliphatic carbocycles. The van der Waals surface area contributed by atoms with E-state index in [2.05, 4.69) is 29.5 Å². The molecule has 2 aromatic carbocycles. The highest BCUT2D eigenvalue weighted by molar-refractivity contribution is 5.95. The average molecular weight is 355 g/mol. The largest absolute Gasteiger partial charge is 0.436 e. The minimum atomic E-state index is -0.746. The highest BCUT2D eigenvalue weighted by Crippen LogP contribution is 2.22. The number of amides is 2. The van der Waals surface area contributed by atoms with Crippen molar-refractivity contribution in [1.29, 1.82) is 0 Å². The molecule has 0 aliphatic heterocycles. The fourth-order valence-corrected chi connectivity index (χ4v) is 2.57. The fourth-order valence-electron chi connectivity index (χ4n) is 2.57. The Balaban J connectivity index is 1.93. The Morgan fingerprint density at radius 2 is 1.65 bits per heavy atom. The Kier molecular flexibility index (Phi) is 6.60. The first-order chi connectivity index (χ1) is 12.4. The molecule has 2 N–H and O–H groups in total. The maximum absolute atomic E-state index is 11.9. The van der Waals surface area contributed by atoms with Gasteiger partial charge in [0.1, 0.15) is 0 Å². The van der Waals surface area contributed by atoms with Crippen LogP contribution in [-0.2, 0) is 4.84 Å². The van der Waals surface area contributed by atoms with Crippen molar-refractivity contribution in [3.63, 3.8) is 0 Å². The fraction of sp³-hybridized carbons (Fsp3) is 0.300. The number of hydrogen-bond donors (Lipinski definition) is 2. The molecule has 0 fully saturated rings. The van der Waals surface area contributed by atoms with E-state index < -0.39 is 12.0 Å². The van der Waals surface area contributed by atoms with E-state index in [9.17, 15) is 9.59 Å². The van der Waals surface area contributed by atoms with E-state index in [1.165, 1.54) is 0 Å². The molecule has 0 atom stereocenters. The van der Waals surface area contributed by atoms with E-state index in [0.29, 0.717) is 11.3 Å². The molecule has 26 heavy (non-hydrogen) atoms. The monoisotopic (exact) mass is 355 g/mol. The van der Waals surface area contributed by atoms with Crippen molar-refractivity contribution in [3.8, 4) is 0 Å².